The number of nitrogens with one attached hydrogen (secondary N) is 1. The zero-order valence-electron chi connectivity index (χ0n) is 13.1. The molecule has 1 atom stereocenters. The van der Waals surface area contributed by atoms with Gasteiger partial charge in [0.15, 0.2) is 0 Å². The molecule has 0 aliphatic carbocycles. The maximum absolute atomic E-state index is 6.42. The van der Waals surface area contributed by atoms with E-state index in [2.05, 4.69) is 17.3 Å². The summed E-state index contributed by atoms with van der Waals surface area (Å²) in [5, 5.41) is 9.53. The molecule has 0 saturated carbocycles. The Labute approximate surface area is 146 Å². The Balaban J connectivity index is 1.83. The molecule has 0 spiro atoms. The molecule has 1 saturated heterocycles. The van der Waals surface area contributed by atoms with E-state index < -0.39 is 0 Å². The normalized spacial score (nSPS) is 21.3. The van der Waals surface area contributed by atoms with Crippen molar-refractivity contribution in [1.82, 2.24) is 14.7 Å². The average molecular weight is 351 g/mol. The molecule has 4 rings (SSSR count). The molecule has 122 valence electrons. The van der Waals surface area contributed by atoms with Gasteiger partial charge in [-0.1, -0.05) is 35.7 Å². The van der Waals surface area contributed by atoms with Gasteiger partial charge >= 0.3 is 0 Å². The smallest absolute Gasteiger partial charge is 0.133 e. The molecule has 0 amide bonds. The fourth-order valence-electron chi connectivity index (χ4n) is 3.72. The Bertz CT molecular complexity index is 740. The number of benzene rings is 1. The fourth-order valence-corrected chi connectivity index (χ4v) is 4.10. The molecule has 2 aliphatic rings. The van der Waals surface area contributed by atoms with Crippen molar-refractivity contribution in [2.24, 2.45) is 0 Å². The fraction of sp³-hybridized carbons (Fsp3) is 0.471. The van der Waals surface area contributed by atoms with Crippen LogP contribution in [0.1, 0.15) is 36.6 Å². The van der Waals surface area contributed by atoms with Crippen LogP contribution in [-0.4, -0.2) is 34.8 Å². The second-order valence-electron chi connectivity index (χ2n) is 6.37. The number of rotatable bonds is 2. The van der Waals surface area contributed by atoms with Crippen LogP contribution in [-0.2, 0) is 6.42 Å². The number of fused-ring (bicyclic) bond motifs is 1. The number of anilines is 1. The number of piperidine rings is 1. The van der Waals surface area contributed by atoms with Crippen molar-refractivity contribution >= 4 is 29.0 Å². The van der Waals surface area contributed by atoms with E-state index in [1.807, 2.05) is 16.8 Å². The highest BCUT2D eigenvalue weighted by molar-refractivity contribution is 6.43. The first-order valence-electron chi connectivity index (χ1n) is 8.17. The molecule has 2 aliphatic heterocycles. The zero-order chi connectivity index (χ0) is 16.0. The topological polar surface area (TPSA) is 33.1 Å². The molecule has 1 N–H and O–H groups in total. The number of hydrogen-bond acceptors (Lipinski definition) is 3. The zero-order valence-corrected chi connectivity index (χ0v) is 14.7. The number of likely N-dealkylation sites (tertiary alicyclic amines) is 1. The van der Waals surface area contributed by atoms with Crippen LogP contribution in [0, 0.1) is 0 Å². The molecule has 4 nitrogen and oxygen atoms in total. The van der Waals surface area contributed by atoms with Gasteiger partial charge < -0.3 is 5.32 Å². The van der Waals surface area contributed by atoms with Crippen LogP contribution in [0.2, 0.25) is 10.0 Å². The number of halogens is 2. The summed E-state index contributed by atoms with van der Waals surface area (Å²) in [6.07, 6.45) is 4.73. The third-order valence-electron chi connectivity index (χ3n) is 4.93. The Hall–Kier alpha value is -1.23. The number of hydrogen-bond donors (Lipinski definition) is 1. The summed E-state index contributed by atoms with van der Waals surface area (Å²) in [7, 11) is 2.20. The summed E-state index contributed by atoms with van der Waals surface area (Å²) in [6.45, 7) is 2.09. The lowest BCUT2D eigenvalue weighted by molar-refractivity contribution is 0.182. The Morgan fingerprint density at radius 3 is 2.96 bits per heavy atom. The first-order valence-corrected chi connectivity index (χ1v) is 8.92. The summed E-state index contributed by atoms with van der Waals surface area (Å²) in [4.78, 5) is 2.42. The van der Waals surface area contributed by atoms with Gasteiger partial charge in [0.2, 0.25) is 0 Å². The minimum atomic E-state index is 0.400. The molecule has 3 heterocycles. The van der Waals surface area contributed by atoms with Crippen LogP contribution in [0.15, 0.2) is 18.2 Å². The summed E-state index contributed by atoms with van der Waals surface area (Å²) in [5.74, 6) is 1.07. The average Bonchev–Trinajstić information content (AvgIpc) is 3.13. The lowest BCUT2D eigenvalue weighted by Gasteiger charge is -2.31. The van der Waals surface area contributed by atoms with E-state index >= 15 is 0 Å². The van der Waals surface area contributed by atoms with Gasteiger partial charge in [-0.05, 0) is 45.0 Å². The number of nitrogens with zero attached hydrogens (tertiary/aromatic N) is 3. The minimum Gasteiger partial charge on any atom is -0.369 e. The van der Waals surface area contributed by atoms with E-state index in [4.69, 9.17) is 28.3 Å². The molecule has 23 heavy (non-hydrogen) atoms. The van der Waals surface area contributed by atoms with Crippen LogP contribution < -0.4 is 5.32 Å². The molecule has 1 unspecified atom stereocenters. The van der Waals surface area contributed by atoms with Crippen LogP contribution in [0.5, 0.6) is 0 Å². The van der Waals surface area contributed by atoms with Crippen molar-refractivity contribution in [3.05, 3.63) is 39.5 Å². The van der Waals surface area contributed by atoms with Crippen LogP contribution in [0.3, 0.4) is 0 Å². The first-order chi connectivity index (χ1) is 11.2. The second-order valence-corrected chi connectivity index (χ2v) is 7.15. The van der Waals surface area contributed by atoms with E-state index in [1.54, 1.807) is 6.07 Å². The third-order valence-corrected chi connectivity index (χ3v) is 5.74. The Morgan fingerprint density at radius 1 is 1.26 bits per heavy atom. The van der Waals surface area contributed by atoms with E-state index in [-0.39, 0.29) is 0 Å². The minimum absolute atomic E-state index is 0.400. The largest absolute Gasteiger partial charge is 0.369 e. The SMILES string of the molecule is CN1CCCCC1c1nn(-c2cccc(Cl)c2Cl)c2c1CCN2. The molecular weight excluding hydrogens is 331 g/mol. The van der Waals surface area contributed by atoms with E-state index in [9.17, 15) is 0 Å². The summed E-state index contributed by atoms with van der Waals surface area (Å²) in [6, 6.07) is 6.09. The maximum atomic E-state index is 6.42. The quantitative estimate of drug-likeness (QED) is 0.876. The van der Waals surface area contributed by atoms with Gasteiger partial charge in [-0.25, -0.2) is 4.68 Å². The van der Waals surface area contributed by atoms with Gasteiger partial charge in [0.25, 0.3) is 0 Å². The van der Waals surface area contributed by atoms with Gasteiger partial charge in [0.1, 0.15) is 5.82 Å². The molecule has 1 fully saturated rings. The molecule has 0 radical (unpaired) electrons. The first kappa shape index (κ1) is 15.3. The van der Waals surface area contributed by atoms with Crippen molar-refractivity contribution in [1.29, 1.82) is 0 Å². The highest BCUT2D eigenvalue weighted by Crippen LogP contribution is 2.39. The molecule has 0 bridgehead atoms. The van der Waals surface area contributed by atoms with Crippen molar-refractivity contribution < 1.29 is 0 Å². The highest BCUT2D eigenvalue weighted by atomic mass is 35.5. The van der Waals surface area contributed by atoms with Crippen molar-refractivity contribution in [2.75, 3.05) is 25.5 Å². The number of aromatic nitrogens is 2. The van der Waals surface area contributed by atoms with Gasteiger partial charge in [-0.15, -0.1) is 0 Å². The molecule has 2 aromatic rings. The predicted octanol–water partition coefficient (Wildman–Crippen LogP) is 4.30. The monoisotopic (exact) mass is 350 g/mol. The lowest BCUT2D eigenvalue weighted by atomic mass is 9.97. The molecular formula is C17H20Cl2N4. The van der Waals surface area contributed by atoms with Gasteiger partial charge in [-0.3, -0.25) is 4.90 Å². The van der Waals surface area contributed by atoms with E-state index in [0.717, 1.165) is 31.0 Å². The standard InChI is InChI=1S/C17H20Cl2N4/c1-22-10-3-2-6-14(22)16-11-8-9-20-17(11)23(21-16)13-7-4-5-12(18)15(13)19/h4-5,7,14,20H,2-3,6,8-10H2,1H3. The summed E-state index contributed by atoms with van der Waals surface area (Å²) >= 11 is 12.6. The van der Waals surface area contributed by atoms with Crippen molar-refractivity contribution in [3.63, 3.8) is 0 Å². The van der Waals surface area contributed by atoms with Crippen molar-refractivity contribution in [3.8, 4) is 5.69 Å². The summed E-state index contributed by atoms with van der Waals surface area (Å²) in [5.41, 5.74) is 3.37. The maximum Gasteiger partial charge on any atom is 0.133 e. The predicted molar refractivity (Wildman–Crippen MR) is 95.0 cm³/mol. The summed E-state index contributed by atoms with van der Waals surface area (Å²) < 4.78 is 1.94. The van der Waals surface area contributed by atoms with E-state index in [1.165, 1.54) is 30.5 Å². The van der Waals surface area contributed by atoms with E-state index in [0.29, 0.717) is 16.1 Å². The van der Waals surface area contributed by atoms with Crippen molar-refractivity contribution in [2.45, 2.75) is 31.7 Å². The van der Waals surface area contributed by atoms with Gasteiger partial charge in [0, 0.05) is 12.1 Å². The highest BCUT2D eigenvalue weighted by Gasteiger charge is 2.31. The van der Waals surface area contributed by atoms with Gasteiger partial charge in [-0.2, -0.15) is 5.10 Å². The Kier molecular flexibility index (Phi) is 4.00. The second kappa shape index (κ2) is 6.00. The van der Waals surface area contributed by atoms with Crippen LogP contribution >= 0.6 is 23.2 Å². The van der Waals surface area contributed by atoms with Crippen LogP contribution in [0.25, 0.3) is 5.69 Å². The van der Waals surface area contributed by atoms with Gasteiger partial charge in [0.05, 0.1) is 27.5 Å². The molecule has 1 aromatic carbocycles. The Morgan fingerprint density at radius 2 is 2.13 bits per heavy atom. The lowest BCUT2D eigenvalue weighted by Crippen LogP contribution is -2.30. The molecule has 1 aromatic heterocycles. The third kappa shape index (κ3) is 2.53. The van der Waals surface area contributed by atoms with Crippen LogP contribution in [0.4, 0.5) is 5.82 Å². The molecule has 6 heteroatoms.